The highest BCUT2D eigenvalue weighted by atomic mass is 19.4. The second-order valence-electron chi connectivity index (χ2n) is 9.14. The third kappa shape index (κ3) is 3.28. The summed E-state index contributed by atoms with van der Waals surface area (Å²) in [4.78, 5) is 4.38. The molecule has 0 aliphatic heterocycles. The minimum absolute atomic E-state index is 0.00854. The van der Waals surface area contributed by atoms with Gasteiger partial charge in [0.2, 0.25) is 5.88 Å². The quantitative estimate of drug-likeness (QED) is 0.430. The van der Waals surface area contributed by atoms with Crippen molar-refractivity contribution in [2.75, 3.05) is 0 Å². The van der Waals surface area contributed by atoms with Crippen LogP contribution >= 0.6 is 0 Å². The molecule has 32 heavy (non-hydrogen) atoms. The van der Waals surface area contributed by atoms with Gasteiger partial charge in [-0.05, 0) is 83.5 Å². The Morgan fingerprint density at radius 3 is 2.69 bits per heavy atom. The van der Waals surface area contributed by atoms with Crippen molar-refractivity contribution in [1.29, 1.82) is 0 Å². The summed E-state index contributed by atoms with van der Waals surface area (Å²) < 4.78 is 61.2. The molecule has 3 aromatic rings. The van der Waals surface area contributed by atoms with Gasteiger partial charge >= 0.3 is 6.18 Å². The van der Waals surface area contributed by atoms with Crippen molar-refractivity contribution in [3.63, 3.8) is 0 Å². The molecule has 1 heterocycles. The van der Waals surface area contributed by atoms with Gasteiger partial charge in [-0.15, -0.1) is 0 Å². The van der Waals surface area contributed by atoms with Crippen LogP contribution < -0.4 is 4.74 Å². The molecule has 1 aromatic heterocycles. The zero-order valence-electron chi connectivity index (χ0n) is 17.3. The molecule has 3 aliphatic carbocycles. The maximum absolute atomic E-state index is 14.7. The molecule has 0 saturated heterocycles. The van der Waals surface area contributed by atoms with Gasteiger partial charge in [0.15, 0.2) is 0 Å². The van der Waals surface area contributed by atoms with Gasteiger partial charge < -0.3 is 4.74 Å². The van der Waals surface area contributed by atoms with Crippen molar-refractivity contribution in [2.45, 2.75) is 50.3 Å². The predicted octanol–water partition coefficient (Wildman–Crippen LogP) is 6.56. The average molecular weight is 439 g/mol. The Morgan fingerprint density at radius 2 is 1.84 bits per heavy atom. The van der Waals surface area contributed by atoms with Crippen LogP contribution in [0.5, 0.6) is 5.88 Å². The molecule has 6 rings (SSSR count). The van der Waals surface area contributed by atoms with E-state index in [2.05, 4.69) is 4.98 Å². The van der Waals surface area contributed by atoms with Gasteiger partial charge in [0.1, 0.15) is 12.4 Å². The molecule has 3 atom stereocenters. The van der Waals surface area contributed by atoms with Crippen LogP contribution in [0.25, 0.3) is 0 Å². The Balaban J connectivity index is 1.27. The van der Waals surface area contributed by atoms with E-state index in [-0.39, 0.29) is 12.2 Å². The lowest BCUT2D eigenvalue weighted by Gasteiger charge is -2.19. The molecule has 164 valence electrons. The minimum atomic E-state index is -4.43. The van der Waals surface area contributed by atoms with E-state index in [0.717, 1.165) is 29.5 Å². The van der Waals surface area contributed by atoms with E-state index in [1.54, 1.807) is 12.1 Å². The van der Waals surface area contributed by atoms with Crippen LogP contribution in [0, 0.1) is 11.7 Å². The Labute approximate surface area is 183 Å². The predicted molar refractivity (Wildman–Crippen MR) is 111 cm³/mol. The molecule has 2 nitrogen and oxygen atoms in total. The Morgan fingerprint density at radius 1 is 1.00 bits per heavy atom. The highest BCUT2D eigenvalue weighted by molar-refractivity contribution is 5.48. The Hall–Kier alpha value is -2.89. The molecule has 1 fully saturated rings. The van der Waals surface area contributed by atoms with E-state index in [1.807, 2.05) is 12.3 Å². The zero-order valence-corrected chi connectivity index (χ0v) is 17.3. The number of ether oxygens (including phenoxy) is 1. The molecule has 0 spiro atoms. The molecule has 2 aromatic carbocycles. The van der Waals surface area contributed by atoms with E-state index < -0.39 is 23.5 Å². The maximum Gasteiger partial charge on any atom is 0.416 e. The summed E-state index contributed by atoms with van der Waals surface area (Å²) in [5.74, 6) is 1.05. The summed E-state index contributed by atoms with van der Waals surface area (Å²) in [5, 5.41) is 0. The second-order valence-corrected chi connectivity index (χ2v) is 9.14. The molecule has 1 unspecified atom stereocenters. The van der Waals surface area contributed by atoms with Crippen molar-refractivity contribution in [2.24, 2.45) is 5.92 Å². The number of pyridine rings is 1. The van der Waals surface area contributed by atoms with Crippen molar-refractivity contribution in [3.05, 3.63) is 93.4 Å². The first-order valence-electron chi connectivity index (χ1n) is 11.0. The smallest absolute Gasteiger partial charge is 0.416 e. The lowest BCUT2D eigenvalue weighted by atomic mass is 9.88. The van der Waals surface area contributed by atoms with Crippen molar-refractivity contribution in [1.82, 2.24) is 4.98 Å². The van der Waals surface area contributed by atoms with Gasteiger partial charge in [0.25, 0.3) is 0 Å². The van der Waals surface area contributed by atoms with Crippen molar-refractivity contribution < 1.29 is 22.3 Å². The molecule has 1 saturated carbocycles. The largest absolute Gasteiger partial charge is 0.473 e. The average Bonchev–Trinajstić information content (AvgIpc) is 3.26. The van der Waals surface area contributed by atoms with Gasteiger partial charge in [0.05, 0.1) is 5.56 Å². The number of aromatic nitrogens is 1. The monoisotopic (exact) mass is 439 g/mol. The normalized spacial score (nSPS) is 22.9. The molecule has 0 N–H and O–H groups in total. The number of rotatable bonds is 4. The van der Waals surface area contributed by atoms with Gasteiger partial charge in [-0.2, -0.15) is 13.2 Å². The molecular weight excluding hydrogens is 418 g/mol. The van der Waals surface area contributed by atoms with Crippen LogP contribution in [0.2, 0.25) is 0 Å². The highest BCUT2D eigenvalue weighted by Gasteiger charge is 2.45. The minimum Gasteiger partial charge on any atom is -0.473 e. The Bertz CT molecular complexity index is 1220. The number of hydrogen-bond donors (Lipinski definition) is 0. The fourth-order valence-corrected chi connectivity index (χ4v) is 5.53. The third-order valence-electron chi connectivity index (χ3n) is 7.21. The fraction of sp³-hybridized carbons (Fsp3) is 0.346. The SMILES string of the molecule is Fc1cc2c(cc1COc1cc3c(cn1)[C@@H]1C[C@@H]1C3)C(c1ccccc1C(F)(F)F)CC2. The number of halogens is 4. The van der Waals surface area contributed by atoms with Gasteiger partial charge in [-0.25, -0.2) is 9.37 Å². The molecule has 3 aliphatic rings. The third-order valence-corrected chi connectivity index (χ3v) is 7.21. The number of benzene rings is 2. The first kappa shape index (κ1) is 19.8. The molecule has 0 bridgehead atoms. The second kappa shape index (κ2) is 7.06. The Kier molecular flexibility index (Phi) is 4.36. The summed E-state index contributed by atoms with van der Waals surface area (Å²) >= 11 is 0. The van der Waals surface area contributed by atoms with Crippen LogP contribution in [0.3, 0.4) is 0 Å². The topological polar surface area (TPSA) is 22.1 Å². The van der Waals surface area contributed by atoms with Gasteiger partial charge in [-0.1, -0.05) is 18.2 Å². The molecular formula is C26H21F4NO. The molecule has 6 heteroatoms. The van der Waals surface area contributed by atoms with Crippen LogP contribution in [0.4, 0.5) is 17.6 Å². The van der Waals surface area contributed by atoms with E-state index in [0.29, 0.717) is 30.2 Å². The van der Waals surface area contributed by atoms with E-state index in [1.165, 1.54) is 35.7 Å². The highest BCUT2D eigenvalue weighted by Crippen LogP contribution is 2.56. The maximum atomic E-state index is 14.7. The molecule has 0 radical (unpaired) electrons. The van der Waals surface area contributed by atoms with Crippen LogP contribution in [0.1, 0.15) is 63.6 Å². The van der Waals surface area contributed by atoms with Crippen LogP contribution in [-0.4, -0.2) is 4.98 Å². The standard InChI is InChI=1S/C26H21F4NO/c27-24-10-14-5-6-18(19-3-1-2-4-23(19)26(28,29)30)20(14)9-17(24)13-32-25-11-16-7-15-8-21(15)22(16)12-31-25/h1-4,9-12,15,18,21H,5-8,13H2/t15-,18?,21+/m0/s1. The summed E-state index contributed by atoms with van der Waals surface area (Å²) in [6.07, 6.45) is 0.816. The first-order chi connectivity index (χ1) is 15.4. The van der Waals surface area contributed by atoms with Crippen LogP contribution in [0.15, 0.2) is 48.7 Å². The summed E-state index contributed by atoms with van der Waals surface area (Å²) in [6, 6.07) is 10.7. The van der Waals surface area contributed by atoms with E-state index >= 15 is 0 Å². The number of alkyl halides is 3. The lowest BCUT2D eigenvalue weighted by molar-refractivity contribution is -0.138. The van der Waals surface area contributed by atoms with Crippen molar-refractivity contribution in [3.8, 4) is 5.88 Å². The summed E-state index contributed by atoms with van der Waals surface area (Å²) in [5.41, 5.74) is 4.04. The number of hydrogen-bond acceptors (Lipinski definition) is 2. The number of nitrogens with zero attached hydrogens (tertiary/aromatic N) is 1. The first-order valence-corrected chi connectivity index (χ1v) is 11.0. The van der Waals surface area contributed by atoms with E-state index in [4.69, 9.17) is 4.74 Å². The molecule has 0 amide bonds. The van der Waals surface area contributed by atoms with Gasteiger partial charge in [-0.3, -0.25) is 0 Å². The number of aryl methyl sites for hydroxylation is 1. The summed E-state index contributed by atoms with van der Waals surface area (Å²) in [6.45, 7) is -0.00854. The van der Waals surface area contributed by atoms with Crippen LogP contribution in [-0.2, 0) is 25.6 Å². The lowest BCUT2D eigenvalue weighted by Crippen LogP contribution is -2.12. The number of fused-ring (bicyclic) bond motifs is 4. The van der Waals surface area contributed by atoms with E-state index in [9.17, 15) is 17.6 Å². The van der Waals surface area contributed by atoms with Gasteiger partial charge in [0, 0.05) is 23.7 Å². The zero-order chi connectivity index (χ0) is 22.0. The fourth-order valence-electron chi connectivity index (χ4n) is 5.53. The summed E-state index contributed by atoms with van der Waals surface area (Å²) in [7, 11) is 0. The van der Waals surface area contributed by atoms with Crippen molar-refractivity contribution >= 4 is 0 Å².